The molecule has 0 bridgehead atoms. The monoisotopic (exact) mass is 379 g/mol. The van der Waals surface area contributed by atoms with E-state index in [0.29, 0.717) is 10.5 Å². The van der Waals surface area contributed by atoms with Crippen LogP contribution in [-0.2, 0) is 15.5 Å². The van der Waals surface area contributed by atoms with Gasteiger partial charge in [0.05, 0.1) is 33.5 Å². The zero-order valence-corrected chi connectivity index (χ0v) is 16.5. The molecule has 1 aromatic rings. The number of ketones is 1. The molecule has 3 rings (SSSR count). The molecule has 1 fully saturated rings. The van der Waals surface area contributed by atoms with Gasteiger partial charge < -0.3 is 9.94 Å². The van der Waals surface area contributed by atoms with Crippen molar-refractivity contribution in [3.63, 3.8) is 0 Å². The molecule has 0 aromatic heterocycles. The Bertz CT molecular complexity index is 788. The van der Waals surface area contributed by atoms with Crippen molar-refractivity contribution in [3.05, 3.63) is 34.5 Å². The van der Waals surface area contributed by atoms with Crippen LogP contribution in [0.25, 0.3) is 0 Å². The van der Waals surface area contributed by atoms with Gasteiger partial charge in [0.15, 0.2) is 5.78 Å². The molecular formula is C19H25NO5S. The number of ether oxygens (including phenoxy) is 1. The van der Waals surface area contributed by atoms with Gasteiger partial charge in [-0.2, -0.15) is 4.79 Å². The third kappa shape index (κ3) is 3.35. The van der Waals surface area contributed by atoms with Crippen LogP contribution < -0.4 is 0 Å². The minimum absolute atomic E-state index is 0.0187. The number of hydrogen-bond acceptors (Lipinski definition) is 5. The number of carbonyl (C=O) groups excluding carboxylic acids is 2. The lowest BCUT2D eigenvalue weighted by molar-refractivity contribution is -0.814. The summed E-state index contributed by atoms with van der Waals surface area (Å²) in [6.45, 7) is 7.01. The summed E-state index contributed by atoms with van der Waals surface area (Å²) in [5.41, 5.74) is 0.742. The number of likely N-dealkylation sites (tertiary alicyclic amines) is 1. The molecular weight excluding hydrogens is 354 g/mol. The first-order chi connectivity index (χ1) is 12.0. The number of carbonyl (C=O) groups is 2. The average molecular weight is 379 g/mol. The molecule has 1 unspecified atom stereocenters. The summed E-state index contributed by atoms with van der Waals surface area (Å²) in [6.07, 6.45) is -0.121. The minimum atomic E-state index is -1.38. The Balaban J connectivity index is 1.82. The van der Waals surface area contributed by atoms with Crippen molar-refractivity contribution in [2.45, 2.75) is 62.2 Å². The Morgan fingerprint density at radius 1 is 1.27 bits per heavy atom. The van der Waals surface area contributed by atoms with Crippen LogP contribution in [0.1, 0.15) is 56.0 Å². The molecule has 0 radical (unpaired) electrons. The Kier molecular flexibility index (Phi) is 4.61. The Labute approximate surface area is 156 Å². The zero-order chi connectivity index (χ0) is 19.3. The van der Waals surface area contributed by atoms with Crippen molar-refractivity contribution in [1.82, 2.24) is 0 Å². The molecule has 1 saturated heterocycles. The third-order valence-corrected chi connectivity index (χ3v) is 7.19. The number of hydroxylamine groups is 3. The molecule has 26 heavy (non-hydrogen) atoms. The molecule has 142 valence electrons. The number of Topliss-reactive ketones (excluding diaryl/α,β-unsaturated/α-hetero) is 1. The van der Waals surface area contributed by atoms with Crippen molar-refractivity contribution in [3.8, 4) is 0 Å². The second-order valence-corrected chi connectivity index (χ2v) is 10.2. The summed E-state index contributed by atoms with van der Waals surface area (Å²) in [5, 5.41) is 12.9. The summed E-state index contributed by atoms with van der Waals surface area (Å²) < 4.78 is 16.6. The fraction of sp³-hybridized carbons (Fsp3) is 0.579. The smallest absolute Gasteiger partial charge is 0.516 e. The number of quaternary nitrogens is 1. The van der Waals surface area contributed by atoms with Crippen molar-refractivity contribution < 1.29 is 23.2 Å². The summed E-state index contributed by atoms with van der Waals surface area (Å²) in [5.74, 6) is -0.0357. The molecule has 0 N–H and O–H groups in total. The Morgan fingerprint density at radius 2 is 1.88 bits per heavy atom. The van der Waals surface area contributed by atoms with Crippen LogP contribution in [-0.4, -0.2) is 44.2 Å². The van der Waals surface area contributed by atoms with E-state index in [4.69, 9.17) is 4.74 Å². The summed E-state index contributed by atoms with van der Waals surface area (Å²) >= 11 is 0. The molecule has 7 heteroatoms. The fourth-order valence-corrected chi connectivity index (χ4v) is 5.45. The van der Waals surface area contributed by atoms with Crippen LogP contribution in [0.5, 0.6) is 0 Å². The number of fused-ring (bicyclic) bond motifs is 1. The van der Waals surface area contributed by atoms with Crippen molar-refractivity contribution in [2.75, 3.05) is 13.1 Å². The lowest BCUT2D eigenvalue weighted by Crippen LogP contribution is -2.60. The van der Waals surface area contributed by atoms with Gasteiger partial charge in [-0.05, 0) is 39.8 Å². The van der Waals surface area contributed by atoms with Crippen LogP contribution in [0, 0.1) is 12.1 Å². The third-order valence-electron chi connectivity index (χ3n) is 5.09. The highest BCUT2D eigenvalue weighted by molar-refractivity contribution is 7.86. The first kappa shape index (κ1) is 19.2. The standard InChI is InChI=1S/C19H25NO5S/c1-13-5-6-16-14(11-13)15(21)12-19(26(16)24)7-9-20(23,10-8-19)17(22)25-18(2,3)4/h5-6,11H,7-10,12H2,1-4H3. The molecule has 0 saturated carbocycles. The van der Waals surface area contributed by atoms with Gasteiger partial charge in [0, 0.05) is 24.8 Å². The molecule has 6 nitrogen and oxygen atoms in total. The van der Waals surface area contributed by atoms with Gasteiger partial charge in [-0.3, -0.25) is 13.6 Å². The summed E-state index contributed by atoms with van der Waals surface area (Å²) in [4.78, 5) is 25.5. The molecule has 2 heterocycles. The van der Waals surface area contributed by atoms with Gasteiger partial charge >= 0.3 is 6.09 Å². The molecule has 2 aliphatic rings. The predicted octanol–water partition coefficient (Wildman–Crippen LogP) is 3.47. The Morgan fingerprint density at radius 3 is 2.46 bits per heavy atom. The van der Waals surface area contributed by atoms with E-state index in [1.54, 1.807) is 32.9 Å². The number of hydrogen-bond donors (Lipinski definition) is 0. The van der Waals surface area contributed by atoms with E-state index in [0.717, 1.165) is 5.56 Å². The van der Waals surface area contributed by atoms with E-state index in [1.165, 1.54) is 0 Å². The van der Waals surface area contributed by atoms with E-state index >= 15 is 0 Å². The summed E-state index contributed by atoms with van der Waals surface area (Å²) in [7, 11) is -1.38. The van der Waals surface area contributed by atoms with Gasteiger partial charge in [0.2, 0.25) is 0 Å². The minimum Gasteiger partial charge on any atom is -0.622 e. The van der Waals surface area contributed by atoms with E-state index in [9.17, 15) is 19.0 Å². The van der Waals surface area contributed by atoms with E-state index in [2.05, 4.69) is 0 Å². The van der Waals surface area contributed by atoms with Gasteiger partial charge in [-0.25, -0.2) is 0 Å². The number of aryl methyl sites for hydroxylation is 1. The number of amides is 1. The molecule has 1 amide bonds. The quantitative estimate of drug-likeness (QED) is 0.509. The molecule has 1 atom stereocenters. The fourth-order valence-electron chi connectivity index (χ4n) is 3.61. The van der Waals surface area contributed by atoms with Gasteiger partial charge in [-0.15, -0.1) is 0 Å². The molecule has 1 aromatic carbocycles. The van der Waals surface area contributed by atoms with Crippen LogP contribution in [0.15, 0.2) is 23.1 Å². The van der Waals surface area contributed by atoms with Crippen molar-refractivity contribution in [1.29, 1.82) is 0 Å². The number of piperidine rings is 1. The maximum atomic E-state index is 13.2. The lowest BCUT2D eigenvalue weighted by atomic mass is 9.87. The van der Waals surface area contributed by atoms with Crippen molar-refractivity contribution >= 4 is 22.7 Å². The maximum absolute atomic E-state index is 13.2. The van der Waals surface area contributed by atoms with Crippen molar-refractivity contribution in [2.24, 2.45) is 0 Å². The SMILES string of the molecule is Cc1ccc2c(c1)C(=O)CC1(CC[N+]([O-])(C(=O)OC(C)(C)C)CC1)S2=O. The van der Waals surface area contributed by atoms with Gasteiger partial charge in [0.25, 0.3) is 0 Å². The second-order valence-electron chi connectivity index (χ2n) is 8.37. The van der Waals surface area contributed by atoms with E-state index in [1.807, 2.05) is 13.0 Å². The van der Waals surface area contributed by atoms with Gasteiger partial charge in [-0.1, -0.05) is 11.6 Å². The second kappa shape index (κ2) is 6.25. The largest absolute Gasteiger partial charge is 0.622 e. The first-order valence-electron chi connectivity index (χ1n) is 8.83. The van der Waals surface area contributed by atoms with Gasteiger partial charge in [0.1, 0.15) is 5.60 Å². The number of benzene rings is 1. The zero-order valence-electron chi connectivity index (χ0n) is 15.7. The van der Waals surface area contributed by atoms with Crippen LogP contribution in [0.2, 0.25) is 0 Å². The Hall–Kier alpha value is -1.57. The summed E-state index contributed by atoms with van der Waals surface area (Å²) in [6, 6.07) is 5.38. The number of rotatable bonds is 0. The number of nitrogens with zero attached hydrogens (tertiary/aromatic N) is 1. The average Bonchev–Trinajstić information content (AvgIpc) is 2.54. The highest BCUT2D eigenvalue weighted by Crippen LogP contribution is 2.43. The van der Waals surface area contributed by atoms with Crippen LogP contribution >= 0.6 is 0 Å². The normalized spacial score (nSPS) is 31.6. The molecule has 2 aliphatic heterocycles. The first-order valence-corrected chi connectivity index (χ1v) is 9.98. The predicted molar refractivity (Wildman–Crippen MR) is 98.1 cm³/mol. The molecule has 1 spiro atoms. The van der Waals surface area contributed by atoms with E-state index < -0.39 is 31.9 Å². The highest BCUT2D eigenvalue weighted by Gasteiger charge is 2.51. The lowest BCUT2D eigenvalue weighted by Gasteiger charge is -2.48. The topological polar surface area (TPSA) is 83.5 Å². The van der Waals surface area contributed by atoms with Crippen LogP contribution in [0.3, 0.4) is 0 Å². The molecule has 0 aliphatic carbocycles. The maximum Gasteiger partial charge on any atom is 0.516 e. The highest BCUT2D eigenvalue weighted by atomic mass is 32.2. The van der Waals surface area contributed by atoms with E-state index in [-0.39, 0.29) is 38.1 Å². The van der Waals surface area contributed by atoms with Crippen LogP contribution in [0.4, 0.5) is 4.79 Å².